The fourth-order valence-corrected chi connectivity index (χ4v) is 2.76. The first-order valence-electron chi connectivity index (χ1n) is 6.96. The summed E-state index contributed by atoms with van der Waals surface area (Å²) < 4.78 is 2.24. The fourth-order valence-electron chi connectivity index (χ4n) is 2.15. The highest BCUT2D eigenvalue weighted by Crippen LogP contribution is 2.18. The average Bonchev–Trinajstić information content (AvgIpc) is 3.06. The Balaban J connectivity index is 2.08. The lowest BCUT2D eigenvalue weighted by atomic mass is 10.1. The Hall–Kier alpha value is -1.20. The van der Waals surface area contributed by atoms with E-state index in [0.29, 0.717) is 0 Å². The van der Waals surface area contributed by atoms with E-state index >= 15 is 0 Å². The molecule has 0 aliphatic heterocycles. The molecule has 0 saturated heterocycles. The lowest BCUT2D eigenvalue weighted by Crippen LogP contribution is -2.25. The summed E-state index contributed by atoms with van der Waals surface area (Å²) in [5.74, 6) is 1.14. The Kier molecular flexibility index (Phi) is 5.54. The third kappa shape index (κ3) is 3.88. The minimum atomic E-state index is 0.268. The van der Waals surface area contributed by atoms with Gasteiger partial charge < -0.3 is 9.88 Å². The highest BCUT2D eigenvalue weighted by Gasteiger charge is 2.16. The number of nitrogens with zero attached hydrogens (tertiary/aromatic N) is 3. The zero-order valence-electron chi connectivity index (χ0n) is 11.7. The van der Waals surface area contributed by atoms with Crippen molar-refractivity contribution in [1.82, 2.24) is 19.9 Å². The second-order valence-corrected chi connectivity index (χ2v) is 5.38. The number of rotatable bonds is 8. The Labute approximate surface area is 118 Å². The molecular formula is C14H22N4S. The minimum absolute atomic E-state index is 0.268. The van der Waals surface area contributed by atoms with Crippen molar-refractivity contribution in [1.29, 1.82) is 0 Å². The molecule has 1 unspecified atom stereocenters. The van der Waals surface area contributed by atoms with E-state index in [4.69, 9.17) is 0 Å². The molecular weight excluding hydrogens is 256 g/mol. The fraction of sp³-hybridized carbons (Fsp3) is 0.571. The first-order valence-corrected chi connectivity index (χ1v) is 7.90. The Morgan fingerprint density at radius 3 is 2.89 bits per heavy atom. The van der Waals surface area contributed by atoms with Gasteiger partial charge in [0.25, 0.3) is 0 Å². The van der Waals surface area contributed by atoms with Crippen LogP contribution >= 0.6 is 11.3 Å². The SMILES string of the molecule is CCCNC(Cc1nccn1CCC)c1cscn1. The molecule has 19 heavy (non-hydrogen) atoms. The van der Waals surface area contributed by atoms with Gasteiger partial charge in [0.15, 0.2) is 0 Å². The van der Waals surface area contributed by atoms with Gasteiger partial charge in [0.1, 0.15) is 5.82 Å². The van der Waals surface area contributed by atoms with Crippen molar-refractivity contribution in [2.45, 2.75) is 45.7 Å². The molecule has 5 heteroatoms. The maximum absolute atomic E-state index is 4.49. The summed E-state index contributed by atoms with van der Waals surface area (Å²) in [6, 6.07) is 0.268. The van der Waals surface area contributed by atoms with Crippen LogP contribution in [0.1, 0.15) is 44.2 Å². The molecule has 0 bridgehead atoms. The van der Waals surface area contributed by atoms with E-state index in [0.717, 1.165) is 43.9 Å². The molecule has 0 radical (unpaired) electrons. The van der Waals surface area contributed by atoms with Crippen LogP contribution in [0.15, 0.2) is 23.3 Å². The van der Waals surface area contributed by atoms with E-state index in [1.807, 2.05) is 11.7 Å². The van der Waals surface area contributed by atoms with E-state index < -0.39 is 0 Å². The molecule has 0 aliphatic rings. The first-order chi connectivity index (χ1) is 9.35. The highest BCUT2D eigenvalue weighted by molar-refractivity contribution is 7.07. The molecule has 0 aromatic carbocycles. The lowest BCUT2D eigenvalue weighted by molar-refractivity contribution is 0.494. The lowest BCUT2D eigenvalue weighted by Gasteiger charge is -2.17. The molecule has 2 heterocycles. The molecule has 2 aromatic heterocycles. The Bertz CT molecular complexity index is 464. The predicted molar refractivity (Wildman–Crippen MR) is 79.4 cm³/mol. The van der Waals surface area contributed by atoms with Gasteiger partial charge in [-0.05, 0) is 19.4 Å². The van der Waals surface area contributed by atoms with Crippen LogP contribution < -0.4 is 5.32 Å². The summed E-state index contributed by atoms with van der Waals surface area (Å²) in [4.78, 5) is 8.94. The summed E-state index contributed by atoms with van der Waals surface area (Å²) in [6.07, 6.45) is 7.12. The smallest absolute Gasteiger partial charge is 0.110 e. The van der Waals surface area contributed by atoms with Crippen molar-refractivity contribution in [2.24, 2.45) is 0 Å². The zero-order chi connectivity index (χ0) is 13.5. The summed E-state index contributed by atoms with van der Waals surface area (Å²) >= 11 is 1.65. The molecule has 0 saturated carbocycles. The van der Waals surface area contributed by atoms with Gasteiger partial charge in [-0.15, -0.1) is 11.3 Å². The molecule has 0 fully saturated rings. The van der Waals surface area contributed by atoms with Gasteiger partial charge in [-0.3, -0.25) is 0 Å². The standard InChI is InChI=1S/C14H22N4S/c1-3-5-15-12(13-10-19-11-17-13)9-14-16-6-8-18(14)7-4-2/h6,8,10-12,15H,3-5,7,9H2,1-2H3. The van der Waals surface area contributed by atoms with Gasteiger partial charge in [0.2, 0.25) is 0 Å². The van der Waals surface area contributed by atoms with Crippen LogP contribution in [-0.4, -0.2) is 21.1 Å². The average molecular weight is 278 g/mol. The molecule has 0 spiro atoms. The number of aromatic nitrogens is 3. The highest BCUT2D eigenvalue weighted by atomic mass is 32.1. The molecule has 104 valence electrons. The van der Waals surface area contributed by atoms with Crippen molar-refractivity contribution in [3.05, 3.63) is 34.8 Å². The minimum Gasteiger partial charge on any atom is -0.335 e. The van der Waals surface area contributed by atoms with Crippen molar-refractivity contribution < 1.29 is 0 Å². The summed E-state index contributed by atoms with van der Waals surface area (Å²) in [7, 11) is 0. The monoisotopic (exact) mass is 278 g/mol. The quantitative estimate of drug-likeness (QED) is 0.807. The number of nitrogens with one attached hydrogen (secondary N) is 1. The molecule has 1 N–H and O–H groups in total. The largest absolute Gasteiger partial charge is 0.335 e. The first kappa shape index (κ1) is 14.2. The zero-order valence-corrected chi connectivity index (χ0v) is 12.5. The van der Waals surface area contributed by atoms with Crippen molar-refractivity contribution in [2.75, 3.05) is 6.54 Å². The van der Waals surface area contributed by atoms with Crippen molar-refractivity contribution >= 4 is 11.3 Å². The Morgan fingerprint density at radius 2 is 2.21 bits per heavy atom. The van der Waals surface area contributed by atoms with Gasteiger partial charge in [-0.2, -0.15) is 0 Å². The van der Waals surface area contributed by atoms with Crippen LogP contribution in [0.5, 0.6) is 0 Å². The maximum atomic E-state index is 4.49. The molecule has 1 atom stereocenters. The summed E-state index contributed by atoms with van der Waals surface area (Å²) in [5.41, 5.74) is 3.03. The topological polar surface area (TPSA) is 42.7 Å². The second kappa shape index (κ2) is 7.40. The molecule has 4 nitrogen and oxygen atoms in total. The third-order valence-electron chi connectivity index (χ3n) is 3.10. The predicted octanol–water partition coefficient (Wildman–Crippen LogP) is 3.03. The van der Waals surface area contributed by atoms with Gasteiger partial charge in [0, 0.05) is 30.7 Å². The second-order valence-electron chi connectivity index (χ2n) is 4.66. The number of imidazole rings is 1. The van der Waals surface area contributed by atoms with Crippen LogP contribution in [0.2, 0.25) is 0 Å². The molecule has 2 rings (SSSR count). The number of thiazole rings is 1. The number of hydrogen-bond donors (Lipinski definition) is 1. The third-order valence-corrected chi connectivity index (χ3v) is 3.71. The Morgan fingerprint density at radius 1 is 1.32 bits per heavy atom. The van der Waals surface area contributed by atoms with Crippen LogP contribution in [-0.2, 0) is 13.0 Å². The molecule has 0 aliphatic carbocycles. The summed E-state index contributed by atoms with van der Waals surface area (Å²) in [5, 5.41) is 5.70. The van der Waals surface area contributed by atoms with Gasteiger partial charge in [-0.1, -0.05) is 13.8 Å². The van der Waals surface area contributed by atoms with Crippen LogP contribution in [0.25, 0.3) is 0 Å². The number of hydrogen-bond acceptors (Lipinski definition) is 4. The maximum Gasteiger partial charge on any atom is 0.110 e. The van der Waals surface area contributed by atoms with E-state index in [-0.39, 0.29) is 6.04 Å². The summed E-state index contributed by atoms with van der Waals surface area (Å²) in [6.45, 7) is 6.42. The van der Waals surface area contributed by atoms with E-state index in [1.54, 1.807) is 11.3 Å². The van der Waals surface area contributed by atoms with Gasteiger partial charge >= 0.3 is 0 Å². The van der Waals surface area contributed by atoms with Gasteiger partial charge in [0.05, 0.1) is 17.2 Å². The van der Waals surface area contributed by atoms with Crippen molar-refractivity contribution in [3.8, 4) is 0 Å². The van der Waals surface area contributed by atoms with E-state index in [2.05, 4.69) is 45.3 Å². The molecule has 2 aromatic rings. The van der Waals surface area contributed by atoms with Crippen molar-refractivity contribution in [3.63, 3.8) is 0 Å². The van der Waals surface area contributed by atoms with Crippen LogP contribution in [0.3, 0.4) is 0 Å². The van der Waals surface area contributed by atoms with E-state index in [9.17, 15) is 0 Å². The normalized spacial score (nSPS) is 12.7. The number of aryl methyl sites for hydroxylation is 1. The van der Waals surface area contributed by atoms with Gasteiger partial charge in [-0.25, -0.2) is 9.97 Å². The molecule has 0 amide bonds. The van der Waals surface area contributed by atoms with Crippen LogP contribution in [0, 0.1) is 0 Å². The van der Waals surface area contributed by atoms with E-state index in [1.165, 1.54) is 0 Å². The van der Waals surface area contributed by atoms with Crippen LogP contribution in [0.4, 0.5) is 0 Å².